The van der Waals surface area contributed by atoms with Crippen LogP contribution in [0.1, 0.15) is 29.8 Å². The largest absolute Gasteiger partial charge is 0.509 e. The fourth-order valence-corrected chi connectivity index (χ4v) is 2.80. The van der Waals surface area contributed by atoms with E-state index in [4.69, 9.17) is 0 Å². The van der Waals surface area contributed by atoms with Crippen LogP contribution < -0.4 is 0 Å². The zero-order valence-corrected chi connectivity index (χ0v) is 9.97. The third-order valence-electron chi connectivity index (χ3n) is 3.92. The molecule has 2 aliphatic rings. The van der Waals surface area contributed by atoms with E-state index in [1.54, 1.807) is 22.9 Å². The number of allylic oxidation sites excluding steroid dienone is 1. The number of carbonyl (C=O) groups excluding carboxylic acids is 2. The van der Waals surface area contributed by atoms with Crippen LogP contribution in [0.4, 0.5) is 0 Å². The lowest BCUT2D eigenvalue weighted by atomic mass is 9.71. The Balaban J connectivity index is 2.23. The van der Waals surface area contributed by atoms with Crippen molar-refractivity contribution in [3.8, 4) is 0 Å². The first-order valence-electron chi connectivity index (χ1n) is 5.86. The van der Waals surface area contributed by atoms with E-state index in [1.807, 2.05) is 0 Å². The van der Waals surface area contributed by atoms with E-state index in [0.717, 1.165) is 19.3 Å². The van der Waals surface area contributed by atoms with Gasteiger partial charge in [0.2, 0.25) is 5.78 Å². The van der Waals surface area contributed by atoms with E-state index >= 15 is 0 Å². The Bertz CT molecular complexity index is 578. The second kappa shape index (κ2) is 3.48. The van der Waals surface area contributed by atoms with E-state index in [0.29, 0.717) is 5.69 Å². The van der Waals surface area contributed by atoms with Crippen LogP contribution in [0.25, 0.3) is 0 Å². The molecule has 0 aromatic carbocycles. The number of hydrogen-bond acceptors (Lipinski definition) is 4. The average molecular weight is 247 g/mol. The summed E-state index contributed by atoms with van der Waals surface area (Å²) >= 11 is 0. The topological polar surface area (TPSA) is 68.5 Å². The van der Waals surface area contributed by atoms with Gasteiger partial charge in [-0.25, -0.2) is 4.79 Å². The van der Waals surface area contributed by atoms with E-state index in [9.17, 15) is 14.7 Å². The summed E-state index contributed by atoms with van der Waals surface area (Å²) in [6, 6.07) is 3.42. The highest BCUT2D eigenvalue weighted by Gasteiger charge is 2.51. The highest BCUT2D eigenvalue weighted by molar-refractivity contribution is 6.24. The van der Waals surface area contributed by atoms with Crippen molar-refractivity contribution < 1.29 is 19.4 Å². The number of hydrogen-bond donors (Lipinski definition) is 1. The molecule has 0 atom stereocenters. The lowest BCUT2D eigenvalue weighted by molar-refractivity contribution is -0.136. The maximum absolute atomic E-state index is 12.2. The van der Waals surface area contributed by atoms with Crippen molar-refractivity contribution in [2.45, 2.75) is 24.8 Å². The quantitative estimate of drug-likeness (QED) is 0.604. The van der Waals surface area contributed by atoms with E-state index < -0.39 is 17.3 Å². The Morgan fingerprint density at radius 3 is 2.78 bits per heavy atom. The lowest BCUT2D eigenvalue weighted by Gasteiger charge is -2.45. The molecule has 0 bridgehead atoms. The monoisotopic (exact) mass is 247 g/mol. The van der Waals surface area contributed by atoms with Crippen molar-refractivity contribution in [3.63, 3.8) is 0 Å². The maximum Gasteiger partial charge on any atom is 0.345 e. The minimum absolute atomic E-state index is 0.144. The van der Waals surface area contributed by atoms with Crippen molar-refractivity contribution >= 4 is 11.8 Å². The zero-order valence-electron chi connectivity index (χ0n) is 9.97. The number of aliphatic hydroxyl groups excluding tert-OH is 1. The van der Waals surface area contributed by atoms with Crippen molar-refractivity contribution in [1.82, 2.24) is 4.57 Å². The third kappa shape index (κ3) is 1.11. The van der Waals surface area contributed by atoms with Crippen LogP contribution in [0, 0.1) is 0 Å². The molecule has 0 radical (unpaired) electrons. The zero-order chi connectivity index (χ0) is 12.9. The number of carbonyl (C=O) groups is 2. The third-order valence-corrected chi connectivity index (χ3v) is 3.92. The number of methoxy groups -OCH3 is 1. The van der Waals surface area contributed by atoms with Crippen LogP contribution in [-0.2, 0) is 15.1 Å². The summed E-state index contributed by atoms with van der Waals surface area (Å²) in [4.78, 5) is 23.9. The van der Waals surface area contributed by atoms with Gasteiger partial charge in [0, 0.05) is 6.20 Å². The molecule has 2 heterocycles. The summed E-state index contributed by atoms with van der Waals surface area (Å²) in [6.45, 7) is 0. The molecule has 0 saturated heterocycles. The van der Waals surface area contributed by atoms with Crippen LogP contribution in [0.15, 0.2) is 29.7 Å². The van der Waals surface area contributed by atoms with E-state index in [1.165, 1.54) is 7.11 Å². The van der Waals surface area contributed by atoms with Crippen LogP contribution in [-0.4, -0.2) is 28.5 Å². The fraction of sp³-hybridized carbons (Fsp3) is 0.385. The minimum Gasteiger partial charge on any atom is -0.509 e. The fourth-order valence-electron chi connectivity index (χ4n) is 2.80. The number of fused-ring (bicyclic) bond motifs is 2. The number of ether oxygens (including phenoxy) is 1. The maximum atomic E-state index is 12.2. The molecule has 1 aromatic rings. The molecule has 5 nitrogen and oxygen atoms in total. The molecule has 0 unspecified atom stereocenters. The Hall–Kier alpha value is -2.04. The highest BCUT2D eigenvalue weighted by Crippen LogP contribution is 2.48. The molecule has 0 amide bonds. The van der Waals surface area contributed by atoms with E-state index in [-0.39, 0.29) is 11.3 Å². The lowest BCUT2D eigenvalue weighted by Crippen LogP contribution is -2.48. The predicted molar refractivity (Wildman–Crippen MR) is 62.3 cm³/mol. The van der Waals surface area contributed by atoms with Crippen molar-refractivity contribution in [2.24, 2.45) is 0 Å². The minimum atomic E-state index is -0.767. The summed E-state index contributed by atoms with van der Waals surface area (Å²) < 4.78 is 6.38. The number of esters is 1. The van der Waals surface area contributed by atoms with Crippen LogP contribution >= 0.6 is 0 Å². The van der Waals surface area contributed by atoms with Crippen molar-refractivity contribution in [3.05, 3.63) is 35.4 Å². The summed E-state index contributed by atoms with van der Waals surface area (Å²) in [5.41, 5.74) is -0.396. The van der Waals surface area contributed by atoms with Crippen LogP contribution in [0.5, 0.6) is 0 Å². The first-order chi connectivity index (χ1) is 8.62. The van der Waals surface area contributed by atoms with Crippen LogP contribution in [0.2, 0.25) is 0 Å². The van der Waals surface area contributed by atoms with Gasteiger partial charge in [-0.2, -0.15) is 0 Å². The number of aliphatic hydroxyl groups is 1. The first-order valence-corrected chi connectivity index (χ1v) is 5.86. The molecular weight excluding hydrogens is 234 g/mol. The smallest absolute Gasteiger partial charge is 0.345 e. The Morgan fingerprint density at radius 2 is 2.22 bits per heavy atom. The molecule has 5 heteroatoms. The van der Waals surface area contributed by atoms with Gasteiger partial charge < -0.3 is 14.4 Å². The molecule has 94 valence electrons. The second-order valence-corrected chi connectivity index (χ2v) is 4.69. The SMILES string of the molecule is COC(=O)C1=C(O)C2(CCC2)n2cccc2C1=O. The van der Waals surface area contributed by atoms with Gasteiger partial charge in [0.1, 0.15) is 16.9 Å². The predicted octanol–water partition coefficient (Wildman–Crippen LogP) is 1.55. The Labute approximate surface area is 104 Å². The molecular formula is C13H13NO4. The van der Waals surface area contributed by atoms with Gasteiger partial charge >= 0.3 is 5.97 Å². The average Bonchev–Trinajstić information content (AvgIpc) is 2.76. The van der Waals surface area contributed by atoms with Gasteiger partial charge in [-0.15, -0.1) is 0 Å². The van der Waals surface area contributed by atoms with Gasteiger partial charge in [-0.1, -0.05) is 0 Å². The molecule has 1 aliphatic carbocycles. The number of aromatic nitrogens is 1. The number of rotatable bonds is 1. The molecule has 1 saturated carbocycles. The van der Waals surface area contributed by atoms with Gasteiger partial charge in [-0.3, -0.25) is 4.79 Å². The highest BCUT2D eigenvalue weighted by atomic mass is 16.5. The van der Waals surface area contributed by atoms with Gasteiger partial charge in [0.05, 0.1) is 12.8 Å². The summed E-state index contributed by atoms with van der Waals surface area (Å²) in [7, 11) is 1.21. The number of ketones is 1. The summed E-state index contributed by atoms with van der Waals surface area (Å²) in [6.07, 6.45) is 4.20. The van der Waals surface area contributed by atoms with Gasteiger partial charge in [0.15, 0.2) is 0 Å². The molecule has 1 N–H and O–H groups in total. The van der Waals surface area contributed by atoms with Crippen molar-refractivity contribution in [2.75, 3.05) is 7.11 Å². The standard InChI is InChI=1S/C13H13NO4/c1-18-12(17)9-10(15)8-4-2-7-14(8)13(11(9)16)5-3-6-13/h2,4,7,16H,3,5-6H2,1H3. The Morgan fingerprint density at radius 1 is 1.50 bits per heavy atom. The van der Waals surface area contributed by atoms with Crippen molar-refractivity contribution in [1.29, 1.82) is 0 Å². The molecule has 1 fully saturated rings. The molecule has 3 rings (SSSR count). The number of Topliss-reactive ketones (excluding diaryl/α,β-unsaturated/α-hetero) is 1. The molecule has 1 aromatic heterocycles. The summed E-state index contributed by atoms with van der Waals surface area (Å²) in [5.74, 6) is -1.38. The Kier molecular flexibility index (Phi) is 2.14. The first kappa shape index (κ1) is 11.1. The normalized spacial score (nSPS) is 20.6. The van der Waals surface area contributed by atoms with Gasteiger partial charge in [-0.05, 0) is 31.4 Å². The van der Waals surface area contributed by atoms with Gasteiger partial charge in [0.25, 0.3) is 0 Å². The summed E-state index contributed by atoms with van der Waals surface area (Å²) in [5, 5.41) is 10.3. The van der Waals surface area contributed by atoms with Crippen LogP contribution in [0.3, 0.4) is 0 Å². The molecule has 18 heavy (non-hydrogen) atoms. The molecule has 1 spiro atoms. The number of nitrogens with zero attached hydrogens (tertiary/aromatic N) is 1. The van der Waals surface area contributed by atoms with E-state index in [2.05, 4.69) is 4.74 Å². The molecule has 1 aliphatic heterocycles. The second-order valence-electron chi connectivity index (χ2n) is 4.69.